The lowest BCUT2D eigenvalue weighted by Crippen LogP contribution is -2.64. The molecule has 1 saturated heterocycles. The van der Waals surface area contributed by atoms with Gasteiger partial charge in [-0.1, -0.05) is 84.2 Å². The first kappa shape index (κ1) is 34.4. The van der Waals surface area contributed by atoms with Crippen LogP contribution in [0.4, 0.5) is 4.79 Å². The van der Waals surface area contributed by atoms with Gasteiger partial charge < -0.3 is 31.3 Å². The molecule has 5 rings (SSSR count). The van der Waals surface area contributed by atoms with Gasteiger partial charge in [-0.15, -0.1) is 0 Å². The van der Waals surface area contributed by atoms with E-state index in [0.29, 0.717) is 32.2 Å². The Morgan fingerprint density at radius 2 is 1.62 bits per heavy atom. The van der Waals surface area contributed by atoms with Crippen molar-refractivity contribution in [2.24, 2.45) is 34.3 Å². The number of fused-ring (bicyclic) bond motifs is 1. The number of nitrogens with one attached hydrogen (secondary N) is 3. The number of ketones is 1. The van der Waals surface area contributed by atoms with Gasteiger partial charge in [0.15, 0.2) is 0 Å². The van der Waals surface area contributed by atoms with Crippen LogP contribution in [0.5, 0.6) is 0 Å². The molecular weight excluding hydrogens is 602 g/mol. The number of piperidine rings is 1. The van der Waals surface area contributed by atoms with Crippen LogP contribution in [0.2, 0.25) is 0 Å². The molecule has 256 valence electrons. The highest BCUT2D eigenvalue weighted by atomic mass is 16.5. The van der Waals surface area contributed by atoms with E-state index in [0.717, 1.165) is 24.8 Å². The molecule has 4 fully saturated rings. The molecule has 5 atom stereocenters. The van der Waals surface area contributed by atoms with Crippen LogP contribution in [-0.2, 0) is 35.3 Å². The van der Waals surface area contributed by atoms with Crippen LogP contribution in [0.25, 0.3) is 0 Å². The second kappa shape index (κ2) is 12.9. The van der Waals surface area contributed by atoms with Gasteiger partial charge in [-0.05, 0) is 59.8 Å². The summed E-state index contributed by atoms with van der Waals surface area (Å²) in [5.41, 5.74) is 3.98. The summed E-state index contributed by atoms with van der Waals surface area (Å²) < 4.78 is 5.63. The van der Waals surface area contributed by atoms with Crippen molar-refractivity contribution in [3.05, 3.63) is 35.9 Å². The second-order valence-electron chi connectivity index (χ2n) is 15.5. The average molecular weight is 652 g/mol. The van der Waals surface area contributed by atoms with E-state index in [1.807, 2.05) is 65.0 Å². The topological polar surface area (TPSA) is 177 Å². The Hall–Kier alpha value is -3.96. The standard InChI is InChI=1S/C35H49N5O7/c1-33(2,3)27(38-32(46)39-35(16-9-10-17-35)31(45)47-19-20-12-7-6-8-13-20)30(44)40-18-22-23(34(22,4)5)25(40)29(43)37-24(21-14-11-15-21)26(41)28(36)42/h6-8,12-13,21-25,27H,9-11,14-19H2,1-5H3,(H2,36,42)(H,37,43)(H2,38,39,46)/t22-,23-,24?,25-,27+/m0/s1. The van der Waals surface area contributed by atoms with E-state index in [2.05, 4.69) is 16.0 Å². The summed E-state index contributed by atoms with van der Waals surface area (Å²) in [6.07, 6.45) is 4.60. The molecule has 5 amide bonds. The van der Waals surface area contributed by atoms with Crippen molar-refractivity contribution in [3.8, 4) is 0 Å². The van der Waals surface area contributed by atoms with Gasteiger partial charge in [-0.25, -0.2) is 9.59 Å². The van der Waals surface area contributed by atoms with Crippen LogP contribution in [0.15, 0.2) is 30.3 Å². The highest BCUT2D eigenvalue weighted by Crippen LogP contribution is 2.65. The molecule has 1 unspecified atom stereocenters. The highest BCUT2D eigenvalue weighted by Gasteiger charge is 2.70. The summed E-state index contributed by atoms with van der Waals surface area (Å²) in [6, 6.07) is 5.69. The summed E-state index contributed by atoms with van der Waals surface area (Å²) in [4.78, 5) is 81.2. The third-order valence-electron chi connectivity index (χ3n) is 11.0. The van der Waals surface area contributed by atoms with Crippen LogP contribution in [0.3, 0.4) is 0 Å². The van der Waals surface area contributed by atoms with Crippen LogP contribution >= 0.6 is 0 Å². The van der Waals surface area contributed by atoms with Crippen molar-refractivity contribution >= 4 is 35.5 Å². The fraction of sp³-hybridized carbons (Fsp3) is 0.657. The number of carbonyl (C=O) groups is 6. The molecule has 12 heteroatoms. The minimum absolute atomic E-state index is 0.0618. The number of amides is 5. The first-order valence-corrected chi connectivity index (χ1v) is 16.8. The molecule has 1 aromatic rings. The van der Waals surface area contributed by atoms with Gasteiger partial charge in [-0.3, -0.25) is 19.2 Å². The number of Topliss-reactive ketones (excluding diaryl/α,β-unsaturated/α-hetero) is 1. The van der Waals surface area contributed by atoms with E-state index in [-0.39, 0.29) is 29.8 Å². The molecule has 5 N–H and O–H groups in total. The minimum atomic E-state index is -1.21. The van der Waals surface area contributed by atoms with Crippen LogP contribution in [-0.4, -0.2) is 70.6 Å². The van der Waals surface area contributed by atoms with Crippen molar-refractivity contribution in [1.29, 1.82) is 0 Å². The predicted molar refractivity (Wildman–Crippen MR) is 172 cm³/mol. The zero-order valence-electron chi connectivity index (χ0n) is 28.1. The van der Waals surface area contributed by atoms with E-state index < -0.39 is 64.6 Å². The summed E-state index contributed by atoms with van der Waals surface area (Å²) in [7, 11) is 0. The minimum Gasteiger partial charge on any atom is -0.459 e. The number of esters is 1. The van der Waals surface area contributed by atoms with Crippen LogP contribution in [0.1, 0.15) is 85.1 Å². The molecule has 4 aliphatic rings. The third kappa shape index (κ3) is 6.87. The largest absolute Gasteiger partial charge is 0.459 e. The Kier molecular flexibility index (Phi) is 9.45. The molecule has 0 aromatic heterocycles. The van der Waals surface area contributed by atoms with Crippen molar-refractivity contribution in [2.75, 3.05) is 6.54 Å². The molecule has 1 heterocycles. The van der Waals surface area contributed by atoms with Gasteiger partial charge in [0.2, 0.25) is 17.6 Å². The van der Waals surface area contributed by atoms with Gasteiger partial charge in [0.1, 0.15) is 30.3 Å². The summed E-state index contributed by atoms with van der Waals surface area (Å²) in [5.74, 6) is -3.63. The Bertz CT molecular complexity index is 1410. The van der Waals surface area contributed by atoms with Crippen LogP contribution < -0.4 is 21.7 Å². The van der Waals surface area contributed by atoms with E-state index in [4.69, 9.17) is 10.5 Å². The first-order valence-electron chi connectivity index (χ1n) is 16.8. The number of hydrogen-bond acceptors (Lipinski definition) is 7. The van der Waals surface area contributed by atoms with Crippen molar-refractivity contribution in [1.82, 2.24) is 20.9 Å². The highest BCUT2D eigenvalue weighted by molar-refractivity contribution is 6.38. The molecule has 0 bridgehead atoms. The summed E-state index contributed by atoms with van der Waals surface area (Å²) in [5, 5.41) is 8.49. The number of hydrogen-bond donors (Lipinski definition) is 4. The Balaban J connectivity index is 1.31. The van der Waals surface area contributed by atoms with Gasteiger partial charge >= 0.3 is 12.0 Å². The molecule has 1 aliphatic heterocycles. The number of urea groups is 1. The van der Waals surface area contributed by atoms with Crippen molar-refractivity contribution in [3.63, 3.8) is 0 Å². The lowest BCUT2D eigenvalue weighted by atomic mass is 9.78. The summed E-state index contributed by atoms with van der Waals surface area (Å²) >= 11 is 0. The quantitative estimate of drug-likeness (QED) is 0.210. The second-order valence-corrected chi connectivity index (χ2v) is 15.5. The number of rotatable bonds is 11. The van der Waals surface area contributed by atoms with E-state index in [1.165, 1.54) is 4.90 Å². The normalized spacial score (nSPS) is 25.4. The number of carbonyl (C=O) groups excluding carboxylic acids is 6. The molecular formula is C35H49N5O7. The Labute approximate surface area is 276 Å². The monoisotopic (exact) mass is 651 g/mol. The number of primary amides is 1. The maximum Gasteiger partial charge on any atom is 0.332 e. The Morgan fingerprint density at radius 1 is 0.979 bits per heavy atom. The molecule has 12 nitrogen and oxygen atoms in total. The van der Waals surface area contributed by atoms with Crippen molar-refractivity contribution in [2.45, 2.75) is 110 Å². The molecule has 0 radical (unpaired) electrons. The first-order chi connectivity index (χ1) is 22.1. The lowest BCUT2D eigenvalue weighted by Gasteiger charge is -2.39. The number of nitrogens with zero attached hydrogens (tertiary/aromatic N) is 1. The maximum absolute atomic E-state index is 14.3. The number of benzene rings is 1. The molecule has 47 heavy (non-hydrogen) atoms. The summed E-state index contributed by atoms with van der Waals surface area (Å²) in [6.45, 7) is 9.96. The van der Waals surface area contributed by atoms with Gasteiger partial charge in [-0.2, -0.15) is 0 Å². The Morgan fingerprint density at radius 3 is 2.17 bits per heavy atom. The van der Waals surface area contributed by atoms with Crippen molar-refractivity contribution < 1.29 is 33.5 Å². The molecule has 3 saturated carbocycles. The van der Waals surface area contributed by atoms with E-state index in [9.17, 15) is 28.8 Å². The number of ether oxygens (including phenoxy) is 1. The molecule has 1 aromatic carbocycles. The third-order valence-corrected chi connectivity index (χ3v) is 11.0. The zero-order valence-corrected chi connectivity index (χ0v) is 28.1. The van der Waals surface area contributed by atoms with Gasteiger partial charge in [0.25, 0.3) is 5.91 Å². The SMILES string of the molecule is CC(C)(C)[C@H](NC(=O)NC1(C(=O)OCc2ccccc2)CCCC1)C(=O)N1C[C@H]2[C@@H]([C@H]1C(=O)NC(C(=O)C(N)=O)C1CCC1)C2(C)C. The fourth-order valence-corrected chi connectivity index (χ4v) is 7.79. The maximum atomic E-state index is 14.3. The molecule has 3 aliphatic carbocycles. The van der Waals surface area contributed by atoms with E-state index >= 15 is 0 Å². The average Bonchev–Trinajstić information content (AvgIpc) is 3.38. The van der Waals surface area contributed by atoms with Gasteiger partial charge in [0, 0.05) is 6.54 Å². The number of nitrogens with two attached hydrogens (primary N) is 1. The lowest BCUT2D eigenvalue weighted by molar-refractivity contribution is -0.152. The zero-order chi connectivity index (χ0) is 34.3. The van der Waals surface area contributed by atoms with Gasteiger partial charge in [0.05, 0.1) is 0 Å². The molecule has 0 spiro atoms. The number of likely N-dealkylation sites (tertiary alicyclic amines) is 1. The fourth-order valence-electron chi connectivity index (χ4n) is 7.79. The van der Waals surface area contributed by atoms with Crippen LogP contribution in [0, 0.1) is 28.6 Å². The predicted octanol–water partition coefficient (Wildman–Crippen LogP) is 2.58. The van der Waals surface area contributed by atoms with E-state index in [1.54, 1.807) is 0 Å². The smallest absolute Gasteiger partial charge is 0.332 e.